The minimum absolute atomic E-state index is 0.0829. The highest BCUT2D eigenvalue weighted by Crippen LogP contribution is 2.15. The van der Waals surface area contributed by atoms with Crippen LogP contribution in [0.2, 0.25) is 0 Å². The Morgan fingerprint density at radius 2 is 1.88 bits per heavy atom. The molecule has 17 heavy (non-hydrogen) atoms. The van der Waals surface area contributed by atoms with Gasteiger partial charge < -0.3 is 15.3 Å². The third-order valence-electron chi connectivity index (χ3n) is 2.86. The van der Waals surface area contributed by atoms with Gasteiger partial charge in [-0.2, -0.15) is 0 Å². The van der Waals surface area contributed by atoms with Crippen molar-refractivity contribution in [3.63, 3.8) is 0 Å². The van der Waals surface area contributed by atoms with E-state index in [2.05, 4.69) is 24.3 Å². The monoisotopic (exact) mass is 236 g/mol. The molecule has 0 aliphatic carbocycles. The molecular weight excluding hydrogens is 212 g/mol. The van der Waals surface area contributed by atoms with Gasteiger partial charge in [0.25, 0.3) is 0 Å². The quantitative estimate of drug-likeness (QED) is 0.707. The first-order chi connectivity index (χ1) is 8.11. The Kier molecular flexibility index (Phi) is 6.19. The fourth-order valence-corrected chi connectivity index (χ4v) is 1.78. The third kappa shape index (κ3) is 5.31. The Labute approximate surface area is 104 Å². The predicted octanol–water partition coefficient (Wildman–Crippen LogP) is 1.65. The van der Waals surface area contributed by atoms with Crippen LogP contribution in [0.4, 0.5) is 0 Å². The standard InChI is InChI=1S/C14H24N2O/c1-12(15-10-7-11-16(2)3)14(17)13-8-5-4-6-9-13/h4-6,8-9,12,14-15,17H,7,10-11H2,1-3H3. The maximum absolute atomic E-state index is 10.1. The van der Waals surface area contributed by atoms with Gasteiger partial charge in [0, 0.05) is 6.04 Å². The van der Waals surface area contributed by atoms with Crippen LogP contribution in [0.5, 0.6) is 0 Å². The molecule has 1 aromatic carbocycles. The first-order valence-corrected chi connectivity index (χ1v) is 6.22. The van der Waals surface area contributed by atoms with Crippen molar-refractivity contribution in [2.45, 2.75) is 25.5 Å². The van der Waals surface area contributed by atoms with Crippen LogP contribution in [0.1, 0.15) is 25.0 Å². The van der Waals surface area contributed by atoms with Crippen molar-refractivity contribution in [2.75, 3.05) is 27.2 Å². The number of hydrogen-bond acceptors (Lipinski definition) is 3. The molecule has 1 aromatic rings. The van der Waals surface area contributed by atoms with Gasteiger partial charge in [0.2, 0.25) is 0 Å². The van der Waals surface area contributed by atoms with Gasteiger partial charge >= 0.3 is 0 Å². The minimum atomic E-state index is -0.435. The molecule has 2 atom stereocenters. The summed E-state index contributed by atoms with van der Waals surface area (Å²) in [6.45, 7) is 4.03. The molecule has 0 fully saturated rings. The van der Waals surface area contributed by atoms with Crippen molar-refractivity contribution in [3.05, 3.63) is 35.9 Å². The predicted molar refractivity (Wildman–Crippen MR) is 72.0 cm³/mol. The normalized spacial score (nSPS) is 14.9. The summed E-state index contributed by atoms with van der Waals surface area (Å²) in [5.41, 5.74) is 0.972. The highest BCUT2D eigenvalue weighted by Gasteiger charge is 2.14. The van der Waals surface area contributed by atoms with Crippen LogP contribution < -0.4 is 5.32 Å². The Balaban J connectivity index is 2.30. The fourth-order valence-electron chi connectivity index (χ4n) is 1.78. The molecule has 0 saturated heterocycles. The SMILES string of the molecule is CC(NCCCN(C)C)C(O)c1ccccc1. The van der Waals surface area contributed by atoms with Crippen LogP contribution in [-0.2, 0) is 0 Å². The lowest BCUT2D eigenvalue weighted by Crippen LogP contribution is -2.34. The van der Waals surface area contributed by atoms with Gasteiger partial charge in [0.05, 0.1) is 6.10 Å². The van der Waals surface area contributed by atoms with Crippen molar-refractivity contribution >= 4 is 0 Å². The summed E-state index contributed by atoms with van der Waals surface area (Å²) in [5.74, 6) is 0. The van der Waals surface area contributed by atoms with Gasteiger partial charge in [-0.15, -0.1) is 0 Å². The Bertz CT molecular complexity index is 300. The molecule has 0 bridgehead atoms. The van der Waals surface area contributed by atoms with Crippen LogP contribution in [0.25, 0.3) is 0 Å². The van der Waals surface area contributed by atoms with Crippen molar-refractivity contribution < 1.29 is 5.11 Å². The lowest BCUT2D eigenvalue weighted by molar-refractivity contribution is 0.135. The average molecular weight is 236 g/mol. The van der Waals surface area contributed by atoms with Gasteiger partial charge in [0.1, 0.15) is 0 Å². The molecule has 2 unspecified atom stereocenters. The summed E-state index contributed by atoms with van der Waals surface area (Å²) in [6.07, 6.45) is 0.661. The van der Waals surface area contributed by atoms with Crippen LogP contribution in [0.15, 0.2) is 30.3 Å². The van der Waals surface area contributed by atoms with Crippen molar-refractivity contribution in [1.82, 2.24) is 10.2 Å². The Morgan fingerprint density at radius 3 is 2.47 bits per heavy atom. The molecule has 3 nitrogen and oxygen atoms in total. The highest BCUT2D eigenvalue weighted by atomic mass is 16.3. The number of rotatable bonds is 7. The van der Waals surface area contributed by atoms with E-state index in [4.69, 9.17) is 0 Å². The van der Waals surface area contributed by atoms with Crippen LogP contribution in [0.3, 0.4) is 0 Å². The lowest BCUT2D eigenvalue weighted by Gasteiger charge is -2.21. The summed E-state index contributed by atoms with van der Waals surface area (Å²) in [6, 6.07) is 9.88. The van der Waals surface area contributed by atoms with E-state index >= 15 is 0 Å². The Morgan fingerprint density at radius 1 is 1.24 bits per heavy atom. The molecule has 0 aliphatic heterocycles. The first kappa shape index (κ1) is 14.2. The number of aliphatic hydroxyl groups is 1. The number of nitrogens with one attached hydrogen (secondary N) is 1. The van der Waals surface area contributed by atoms with E-state index in [9.17, 15) is 5.11 Å². The van der Waals surface area contributed by atoms with E-state index in [0.29, 0.717) is 0 Å². The van der Waals surface area contributed by atoms with E-state index in [0.717, 1.165) is 25.1 Å². The number of nitrogens with zero attached hydrogens (tertiary/aromatic N) is 1. The summed E-state index contributed by atoms with van der Waals surface area (Å²) in [4.78, 5) is 2.17. The smallest absolute Gasteiger partial charge is 0.0940 e. The maximum Gasteiger partial charge on any atom is 0.0940 e. The molecule has 0 saturated carbocycles. The summed E-state index contributed by atoms with van der Waals surface area (Å²) in [7, 11) is 4.14. The topological polar surface area (TPSA) is 35.5 Å². The lowest BCUT2D eigenvalue weighted by atomic mass is 10.0. The molecule has 0 aromatic heterocycles. The van der Waals surface area contributed by atoms with Crippen molar-refractivity contribution in [1.29, 1.82) is 0 Å². The first-order valence-electron chi connectivity index (χ1n) is 6.22. The van der Waals surface area contributed by atoms with Crippen LogP contribution in [-0.4, -0.2) is 43.2 Å². The van der Waals surface area contributed by atoms with Gasteiger partial charge in [-0.25, -0.2) is 0 Å². The van der Waals surface area contributed by atoms with Crippen LogP contribution >= 0.6 is 0 Å². The minimum Gasteiger partial charge on any atom is -0.387 e. The number of hydrogen-bond donors (Lipinski definition) is 2. The molecule has 3 heteroatoms. The zero-order valence-electron chi connectivity index (χ0n) is 11.1. The molecule has 0 amide bonds. The van der Waals surface area contributed by atoms with E-state index < -0.39 is 6.10 Å². The molecule has 0 radical (unpaired) electrons. The second-order valence-electron chi connectivity index (χ2n) is 4.76. The average Bonchev–Trinajstić information content (AvgIpc) is 2.34. The molecule has 2 N–H and O–H groups in total. The third-order valence-corrected chi connectivity index (χ3v) is 2.86. The van der Waals surface area contributed by atoms with E-state index in [1.807, 2.05) is 37.3 Å². The van der Waals surface area contributed by atoms with Gasteiger partial charge in [-0.1, -0.05) is 30.3 Å². The van der Waals surface area contributed by atoms with Gasteiger partial charge in [-0.05, 0) is 46.1 Å². The number of aliphatic hydroxyl groups excluding tert-OH is 1. The molecule has 0 heterocycles. The van der Waals surface area contributed by atoms with E-state index in [1.54, 1.807) is 0 Å². The molecule has 0 aliphatic rings. The summed E-state index contributed by atoms with van der Waals surface area (Å²) < 4.78 is 0. The van der Waals surface area contributed by atoms with E-state index in [-0.39, 0.29) is 6.04 Å². The molecular formula is C14H24N2O. The highest BCUT2D eigenvalue weighted by molar-refractivity contribution is 5.18. The summed E-state index contributed by atoms with van der Waals surface area (Å²) >= 11 is 0. The van der Waals surface area contributed by atoms with Gasteiger partial charge in [0.15, 0.2) is 0 Å². The Hall–Kier alpha value is -0.900. The zero-order valence-corrected chi connectivity index (χ0v) is 11.1. The largest absolute Gasteiger partial charge is 0.387 e. The second kappa shape index (κ2) is 7.43. The second-order valence-corrected chi connectivity index (χ2v) is 4.76. The summed E-state index contributed by atoms with van der Waals surface area (Å²) in [5, 5.41) is 13.5. The molecule has 96 valence electrons. The van der Waals surface area contributed by atoms with Crippen molar-refractivity contribution in [2.24, 2.45) is 0 Å². The van der Waals surface area contributed by atoms with Crippen molar-refractivity contribution in [3.8, 4) is 0 Å². The maximum atomic E-state index is 10.1. The molecule has 1 rings (SSSR count). The van der Waals surface area contributed by atoms with Gasteiger partial charge in [-0.3, -0.25) is 0 Å². The van der Waals surface area contributed by atoms with Crippen LogP contribution in [0, 0.1) is 0 Å². The zero-order chi connectivity index (χ0) is 12.7. The fraction of sp³-hybridized carbons (Fsp3) is 0.571. The van der Waals surface area contributed by atoms with E-state index in [1.165, 1.54) is 0 Å². The number of benzene rings is 1. The molecule has 0 spiro atoms.